The number of hydrogen-bond acceptors (Lipinski definition) is 1. The quantitative estimate of drug-likeness (QED) is 0.710. The highest BCUT2D eigenvalue weighted by atomic mass is 14.9. The van der Waals surface area contributed by atoms with Crippen LogP contribution in [0.2, 0.25) is 0 Å². The first-order valence-electron chi connectivity index (χ1n) is 8.56. The van der Waals surface area contributed by atoms with Crippen molar-refractivity contribution in [2.45, 2.75) is 65.8 Å². The van der Waals surface area contributed by atoms with Crippen LogP contribution in [0.3, 0.4) is 0 Å². The van der Waals surface area contributed by atoms with E-state index in [9.17, 15) is 0 Å². The molecule has 2 atom stereocenters. The lowest BCUT2D eigenvalue weighted by molar-refractivity contribution is 0.349. The van der Waals surface area contributed by atoms with E-state index in [1.807, 2.05) is 0 Å². The monoisotopic (exact) mass is 273 g/mol. The summed E-state index contributed by atoms with van der Waals surface area (Å²) >= 11 is 0. The van der Waals surface area contributed by atoms with Gasteiger partial charge in [-0.1, -0.05) is 45.9 Å². The lowest BCUT2D eigenvalue weighted by Crippen LogP contribution is -2.29. The first-order valence-corrected chi connectivity index (χ1v) is 8.56. The molecule has 0 heterocycles. The van der Waals surface area contributed by atoms with Gasteiger partial charge in [0, 0.05) is 6.04 Å². The molecule has 0 bridgehead atoms. The molecule has 0 aliphatic heterocycles. The van der Waals surface area contributed by atoms with Crippen molar-refractivity contribution in [1.29, 1.82) is 0 Å². The predicted octanol–water partition coefficient (Wildman–Crippen LogP) is 4.90. The molecule has 2 rings (SSSR count). The highest BCUT2D eigenvalue weighted by Crippen LogP contribution is 2.42. The first kappa shape index (κ1) is 15.6. The van der Waals surface area contributed by atoms with E-state index in [1.165, 1.54) is 36.0 Å². The Morgan fingerprint density at radius 1 is 1.10 bits per heavy atom. The molecule has 0 spiro atoms. The van der Waals surface area contributed by atoms with Gasteiger partial charge < -0.3 is 5.32 Å². The second-order valence-corrected chi connectivity index (χ2v) is 6.36. The molecule has 20 heavy (non-hydrogen) atoms. The topological polar surface area (TPSA) is 12.0 Å². The van der Waals surface area contributed by atoms with Crippen LogP contribution in [0.5, 0.6) is 0 Å². The second kappa shape index (κ2) is 7.26. The largest absolute Gasteiger partial charge is 0.310 e. The maximum atomic E-state index is 3.80. The maximum absolute atomic E-state index is 3.80. The molecule has 112 valence electrons. The van der Waals surface area contributed by atoms with Crippen LogP contribution in [0, 0.1) is 11.8 Å². The zero-order valence-corrected chi connectivity index (χ0v) is 13.7. The van der Waals surface area contributed by atoms with Gasteiger partial charge in [0.25, 0.3) is 0 Å². The van der Waals surface area contributed by atoms with E-state index in [1.54, 1.807) is 0 Å². The average molecular weight is 273 g/mol. The summed E-state index contributed by atoms with van der Waals surface area (Å²) in [4.78, 5) is 0. The summed E-state index contributed by atoms with van der Waals surface area (Å²) in [6.07, 6.45) is 6.36. The Kier molecular flexibility index (Phi) is 5.65. The zero-order chi connectivity index (χ0) is 14.5. The molecule has 0 aromatic heterocycles. The van der Waals surface area contributed by atoms with Gasteiger partial charge in [-0.25, -0.2) is 0 Å². The lowest BCUT2D eigenvalue weighted by Gasteiger charge is -2.26. The maximum Gasteiger partial charge on any atom is 0.0348 e. The Morgan fingerprint density at radius 2 is 1.80 bits per heavy atom. The zero-order valence-electron chi connectivity index (χ0n) is 13.7. The minimum atomic E-state index is 0.540. The van der Waals surface area contributed by atoms with Crippen molar-refractivity contribution in [3.8, 4) is 0 Å². The molecule has 1 N–H and O–H groups in total. The molecule has 1 heteroatoms. The Hall–Kier alpha value is -0.820. The van der Waals surface area contributed by atoms with E-state index in [0.717, 1.165) is 31.2 Å². The minimum Gasteiger partial charge on any atom is -0.310 e. The summed E-state index contributed by atoms with van der Waals surface area (Å²) in [6.45, 7) is 10.3. The molecule has 1 saturated carbocycles. The van der Waals surface area contributed by atoms with E-state index in [0.29, 0.717) is 6.04 Å². The van der Waals surface area contributed by atoms with Crippen molar-refractivity contribution < 1.29 is 0 Å². The smallest absolute Gasteiger partial charge is 0.0348 e. The molecule has 1 aliphatic carbocycles. The summed E-state index contributed by atoms with van der Waals surface area (Å²) < 4.78 is 0. The van der Waals surface area contributed by atoms with Crippen molar-refractivity contribution in [2.75, 3.05) is 6.54 Å². The van der Waals surface area contributed by atoms with Crippen molar-refractivity contribution in [1.82, 2.24) is 5.32 Å². The number of rotatable bonds is 8. The number of aryl methyl sites for hydroxylation is 2. The van der Waals surface area contributed by atoms with Crippen molar-refractivity contribution in [3.63, 3.8) is 0 Å². The summed E-state index contributed by atoms with van der Waals surface area (Å²) in [5.41, 5.74) is 4.56. The van der Waals surface area contributed by atoms with Crippen LogP contribution in [-0.4, -0.2) is 6.54 Å². The molecule has 1 aromatic rings. The highest BCUT2D eigenvalue weighted by Gasteiger charge is 2.33. The number of nitrogens with one attached hydrogen (secondary N) is 1. The van der Waals surface area contributed by atoms with Crippen LogP contribution >= 0.6 is 0 Å². The third-order valence-corrected chi connectivity index (χ3v) is 4.86. The van der Waals surface area contributed by atoms with E-state index in [2.05, 4.69) is 51.2 Å². The Morgan fingerprint density at radius 3 is 2.35 bits per heavy atom. The van der Waals surface area contributed by atoms with E-state index < -0.39 is 0 Å². The molecule has 2 unspecified atom stereocenters. The Labute approximate surface area is 125 Å². The fraction of sp³-hybridized carbons (Fsp3) is 0.684. The molecule has 1 fully saturated rings. The molecule has 0 amide bonds. The molecular formula is C19H31N. The standard InChI is InChI=1S/C19H31N/c1-5-12-20-19(14(4)17-9-10-17)18-11-8-15(6-2)16(7-3)13-18/h8,11,13-14,17,19-20H,5-7,9-10,12H2,1-4H3. The van der Waals surface area contributed by atoms with Gasteiger partial charge in [-0.3, -0.25) is 0 Å². The van der Waals surface area contributed by atoms with E-state index >= 15 is 0 Å². The lowest BCUT2D eigenvalue weighted by atomic mass is 9.88. The van der Waals surface area contributed by atoms with Crippen LogP contribution in [-0.2, 0) is 12.8 Å². The molecule has 0 saturated heterocycles. The van der Waals surface area contributed by atoms with Gasteiger partial charge in [-0.2, -0.15) is 0 Å². The van der Waals surface area contributed by atoms with Crippen molar-refractivity contribution in [3.05, 3.63) is 34.9 Å². The average Bonchev–Trinajstić information content (AvgIpc) is 3.31. The van der Waals surface area contributed by atoms with Crippen LogP contribution in [0.15, 0.2) is 18.2 Å². The summed E-state index contributed by atoms with van der Waals surface area (Å²) in [6, 6.07) is 7.72. The number of hydrogen-bond donors (Lipinski definition) is 1. The fourth-order valence-corrected chi connectivity index (χ4v) is 3.31. The van der Waals surface area contributed by atoms with Crippen LogP contribution < -0.4 is 5.32 Å². The summed E-state index contributed by atoms with van der Waals surface area (Å²) in [5, 5.41) is 3.80. The Balaban J connectivity index is 2.22. The van der Waals surface area contributed by atoms with Gasteiger partial charge in [0.05, 0.1) is 0 Å². The van der Waals surface area contributed by atoms with Crippen LogP contribution in [0.4, 0.5) is 0 Å². The first-order chi connectivity index (χ1) is 9.71. The third-order valence-electron chi connectivity index (χ3n) is 4.86. The van der Waals surface area contributed by atoms with Gasteiger partial charge in [-0.15, -0.1) is 0 Å². The summed E-state index contributed by atoms with van der Waals surface area (Å²) in [5.74, 6) is 1.71. The molecular weight excluding hydrogens is 242 g/mol. The van der Waals surface area contributed by atoms with E-state index in [4.69, 9.17) is 0 Å². The third kappa shape index (κ3) is 3.63. The number of benzene rings is 1. The normalized spacial score (nSPS) is 18.0. The van der Waals surface area contributed by atoms with Gasteiger partial charge in [-0.05, 0) is 67.2 Å². The summed E-state index contributed by atoms with van der Waals surface area (Å²) in [7, 11) is 0. The highest BCUT2D eigenvalue weighted by molar-refractivity contribution is 5.34. The molecule has 1 aromatic carbocycles. The van der Waals surface area contributed by atoms with Crippen LogP contribution in [0.25, 0.3) is 0 Å². The van der Waals surface area contributed by atoms with Gasteiger partial charge in [0.15, 0.2) is 0 Å². The van der Waals surface area contributed by atoms with Crippen LogP contribution in [0.1, 0.15) is 69.7 Å². The predicted molar refractivity (Wildman–Crippen MR) is 88.1 cm³/mol. The SMILES string of the molecule is CCCNC(c1ccc(CC)c(CC)c1)C(C)C1CC1. The second-order valence-electron chi connectivity index (χ2n) is 6.36. The minimum absolute atomic E-state index is 0.540. The van der Waals surface area contributed by atoms with E-state index in [-0.39, 0.29) is 0 Å². The van der Waals surface area contributed by atoms with Gasteiger partial charge >= 0.3 is 0 Å². The van der Waals surface area contributed by atoms with Crippen molar-refractivity contribution >= 4 is 0 Å². The molecule has 1 aliphatic rings. The van der Waals surface area contributed by atoms with Gasteiger partial charge in [0.2, 0.25) is 0 Å². The Bertz CT molecular complexity index is 420. The molecule has 0 radical (unpaired) electrons. The van der Waals surface area contributed by atoms with Crippen molar-refractivity contribution in [2.24, 2.45) is 11.8 Å². The molecule has 1 nitrogen and oxygen atoms in total. The fourth-order valence-electron chi connectivity index (χ4n) is 3.31. The van der Waals surface area contributed by atoms with Gasteiger partial charge in [0.1, 0.15) is 0 Å².